The average molecular weight is 452 g/mol. The first-order valence-electron chi connectivity index (χ1n) is 11.2. The first-order chi connectivity index (χ1) is 16.6. The number of anilines is 2. The first-order valence-corrected chi connectivity index (χ1v) is 11.2. The summed E-state index contributed by atoms with van der Waals surface area (Å²) in [6.07, 6.45) is 7.15. The van der Waals surface area contributed by atoms with Gasteiger partial charge in [-0.25, -0.2) is 19.3 Å². The minimum atomic E-state index is -0.144. The second-order valence-electron chi connectivity index (χ2n) is 8.57. The van der Waals surface area contributed by atoms with Crippen molar-refractivity contribution in [2.24, 2.45) is 5.92 Å². The number of halogens is 1. The molecule has 0 atom stereocenters. The maximum absolute atomic E-state index is 13.6. The van der Waals surface area contributed by atoms with Crippen molar-refractivity contribution < 1.29 is 9.18 Å². The van der Waals surface area contributed by atoms with E-state index in [0.717, 1.165) is 45.8 Å². The van der Waals surface area contributed by atoms with E-state index in [4.69, 9.17) is 0 Å². The van der Waals surface area contributed by atoms with Crippen molar-refractivity contribution in [3.63, 3.8) is 0 Å². The number of benzene rings is 1. The molecular formula is C26H21FN6O. The van der Waals surface area contributed by atoms with Crippen LogP contribution in [0.15, 0.2) is 42.5 Å². The van der Waals surface area contributed by atoms with Gasteiger partial charge in [-0.2, -0.15) is 0 Å². The number of aromatic nitrogens is 4. The Kier molecular flexibility index (Phi) is 4.77. The summed E-state index contributed by atoms with van der Waals surface area (Å²) in [5.74, 6) is 8.26. The molecule has 2 N–H and O–H groups in total. The summed E-state index contributed by atoms with van der Waals surface area (Å²) >= 11 is 0. The van der Waals surface area contributed by atoms with Crippen LogP contribution in [0.1, 0.15) is 36.2 Å². The second kappa shape index (κ2) is 7.96. The Balaban J connectivity index is 1.39. The minimum absolute atomic E-state index is 0.00884. The molecule has 0 unspecified atom stereocenters. The van der Waals surface area contributed by atoms with Gasteiger partial charge in [0.25, 0.3) is 0 Å². The van der Waals surface area contributed by atoms with E-state index in [1.54, 1.807) is 19.4 Å². The van der Waals surface area contributed by atoms with Crippen molar-refractivity contribution in [1.29, 1.82) is 0 Å². The van der Waals surface area contributed by atoms with Gasteiger partial charge < -0.3 is 15.2 Å². The lowest BCUT2D eigenvalue weighted by Gasteiger charge is -2.10. The molecule has 1 aromatic carbocycles. The highest BCUT2D eigenvalue weighted by molar-refractivity contribution is 5.99. The lowest BCUT2D eigenvalue weighted by Crippen LogP contribution is -2.14. The summed E-state index contributed by atoms with van der Waals surface area (Å²) < 4.78 is 15.7. The molecule has 7 nitrogen and oxygen atoms in total. The fourth-order valence-electron chi connectivity index (χ4n) is 4.21. The van der Waals surface area contributed by atoms with Crippen LogP contribution in [0.5, 0.6) is 0 Å². The SMILES string of the molecule is CNc1ncc(C#Cc2ccc3nc4n(c3c2)CCC(F)=C4)c2cc(NC(=O)C3CC3)ncc12. The number of carbonyl (C=O) groups excluding carboxylic acids is 1. The van der Waals surface area contributed by atoms with Gasteiger partial charge in [-0.3, -0.25) is 4.79 Å². The van der Waals surface area contributed by atoms with E-state index in [0.29, 0.717) is 30.4 Å². The Morgan fingerprint density at radius 1 is 1.15 bits per heavy atom. The standard InChI is InChI=1S/C26H21FN6O/c1-28-25-20-14-29-23(32-26(34)16-5-6-16)12-19(20)17(13-30-25)4-2-15-3-7-21-22(10-15)33-9-8-18(27)11-24(33)31-21/h3,7,10-14,16H,5-6,8-9H2,1H3,(H,28,30)(H,29,32,34). The fraction of sp³-hybridized carbons (Fsp3) is 0.231. The van der Waals surface area contributed by atoms with E-state index in [-0.39, 0.29) is 17.7 Å². The van der Waals surface area contributed by atoms with Crippen LogP contribution >= 0.6 is 0 Å². The Morgan fingerprint density at radius 3 is 2.85 bits per heavy atom. The molecule has 6 rings (SSSR count). The molecule has 0 bridgehead atoms. The van der Waals surface area contributed by atoms with Gasteiger partial charge in [0, 0.05) is 60.7 Å². The molecule has 1 amide bonds. The maximum atomic E-state index is 13.6. The number of aryl methyl sites for hydroxylation is 1. The summed E-state index contributed by atoms with van der Waals surface area (Å²) in [7, 11) is 1.80. The molecule has 168 valence electrons. The molecule has 8 heteroatoms. The number of imidazole rings is 1. The van der Waals surface area contributed by atoms with Crippen molar-refractivity contribution in [2.45, 2.75) is 25.8 Å². The van der Waals surface area contributed by atoms with Gasteiger partial charge in [0.05, 0.1) is 16.6 Å². The number of allylic oxidation sites excluding steroid dienone is 1. The summed E-state index contributed by atoms with van der Waals surface area (Å²) in [5.41, 5.74) is 3.32. The van der Waals surface area contributed by atoms with Crippen molar-refractivity contribution in [3.8, 4) is 11.8 Å². The van der Waals surface area contributed by atoms with Crippen molar-refractivity contribution in [3.05, 3.63) is 59.4 Å². The van der Waals surface area contributed by atoms with Crippen LogP contribution in [0.3, 0.4) is 0 Å². The highest BCUT2D eigenvalue weighted by atomic mass is 19.1. The normalized spacial score (nSPS) is 14.8. The van der Waals surface area contributed by atoms with Gasteiger partial charge in [0.2, 0.25) is 5.91 Å². The maximum Gasteiger partial charge on any atom is 0.228 e. The third-order valence-electron chi connectivity index (χ3n) is 6.19. The highest BCUT2D eigenvalue weighted by Gasteiger charge is 2.29. The zero-order chi connectivity index (χ0) is 23.2. The number of carbonyl (C=O) groups is 1. The van der Waals surface area contributed by atoms with Gasteiger partial charge in [-0.05, 0) is 37.1 Å². The quantitative estimate of drug-likeness (QED) is 0.448. The Bertz CT molecular complexity index is 1570. The smallest absolute Gasteiger partial charge is 0.228 e. The van der Waals surface area contributed by atoms with Crippen LogP contribution < -0.4 is 10.6 Å². The van der Waals surface area contributed by atoms with Crippen LogP contribution in [0.4, 0.5) is 16.0 Å². The number of amides is 1. The minimum Gasteiger partial charge on any atom is -0.373 e. The molecule has 4 aromatic rings. The molecule has 3 aromatic heterocycles. The van der Waals surface area contributed by atoms with E-state index < -0.39 is 0 Å². The van der Waals surface area contributed by atoms with Gasteiger partial charge in [-0.1, -0.05) is 11.8 Å². The molecule has 0 spiro atoms. The van der Waals surface area contributed by atoms with Crippen LogP contribution in [0.2, 0.25) is 0 Å². The molecule has 0 radical (unpaired) electrons. The molecule has 4 heterocycles. The summed E-state index contributed by atoms with van der Waals surface area (Å²) in [6.45, 7) is 0.563. The monoisotopic (exact) mass is 452 g/mol. The van der Waals surface area contributed by atoms with Crippen LogP contribution in [-0.4, -0.2) is 32.5 Å². The zero-order valence-corrected chi connectivity index (χ0v) is 18.5. The van der Waals surface area contributed by atoms with E-state index in [2.05, 4.69) is 37.4 Å². The van der Waals surface area contributed by atoms with Gasteiger partial charge in [-0.15, -0.1) is 0 Å². The first kappa shape index (κ1) is 20.4. The number of rotatable bonds is 3. The van der Waals surface area contributed by atoms with Gasteiger partial charge in [0.15, 0.2) is 0 Å². The van der Waals surface area contributed by atoms with E-state index in [1.165, 1.54) is 6.08 Å². The molecular weight excluding hydrogens is 431 g/mol. The number of fused-ring (bicyclic) bond motifs is 4. The largest absolute Gasteiger partial charge is 0.373 e. The molecule has 1 aliphatic heterocycles. The number of nitrogens with one attached hydrogen (secondary N) is 2. The van der Waals surface area contributed by atoms with Gasteiger partial charge >= 0.3 is 0 Å². The topological polar surface area (TPSA) is 84.7 Å². The van der Waals surface area contributed by atoms with Crippen LogP contribution in [-0.2, 0) is 11.3 Å². The van der Waals surface area contributed by atoms with E-state index in [1.807, 2.05) is 28.8 Å². The highest BCUT2D eigenvalue weighted by Crippen LogP contribution is 2.31. The Hall–Kier alpha value is -4.25. The Morgan fingerprint density at radius 2 is 2.03 bits per heavy atom. The van der Waals surface area contributed by atoms with Crippen molar-refractivity contribution >= 4 is 45.4 Å². The summed E-state index contributed by atoms with van der Waals surface area (Å²) in [4.78, 5) is 25.6. The van der Waals surface area contributed by atoms with Crippen molar-refractivity contribution in [1.82, 2.24) is 19.5 Å². The second-order valence-corrected chi connectivity index (χ2v) is 8.57. The van der Waals surface area contributed by atoms with E-state index >= 15 is 0 Å². The number of hydrogen-bond acceptors (Lipinski definition) is 5. The lowest BCUT2D eigenvalue weighted by atomic mass is 10.1. The lowest BCUT2D eigenvalue weighted by molar-refractivity contribution is -0.117. The molecule has 1 fully saturated rings. The molecule has 0 saturated heterocycles. The summed E-state index contributed by atoms with van der Waals surface area (Å²) in [5, 5.41) is 7.67. The predicted molar refractivity (Wildman–Crippen MR) is 130 cm³/mol. The van der Waals surface area contributed by atoms with Crippen LogP contribution in [0, 0.1) is 17.8 Å². The molecule has 34 heavy (non-hydrogen) atoms. The number of pyridine rings is 2. The third-order valence-corrected chi connectivity index (χ3v) is 6.19. The third kappa shape index (κ3) is 3.65. The molecule has 2 aliphatic rings. The molecule has 1 saturated carbocycles. The molecule has 1 aliphatic carbocycles. The average Bonchev–Trinajstić information content (AvgIpc) is 3.64. The van der Waals surface area contributed by atoms with E-state index in [9.17, 15) is 9.18 Å². The van der Waals surface area contributed by atoms with Gasteiger partial charge in [0.1, 0.15) is 23.3 Å². The zero-order valence-electron chi connectivity index (χ0n) is 18.5. The predicted octanol–water partition coefficient (Wildman–Crippen LogP) is 4.48. The number of nitrogens with zero attached hydrogens (tertiary/aromatic N) is 4. The Labute approximate surface area is 195 Å². The number of hydrogen-bond donors (Lipinski definition) is 2. The van der Waals surface area contributed by atoms with Crippen molar-refractivity contribution in [2.75, 3.05) is 17.7 Å². The summed E-state index contributed by atoms with van der Waals surface area (Å²) in [6, 6.07) is 7.65. The fourth-order valence-corrected chi connectivity index (χ4v) is 4.21. The van der Waals surface area contributed by atoms with Crippen LogP contribution in [0.25, 0.3) is 27.9 Å².